The third kappa shape index (κ3) is 4.18. The molecule has 32 heavy (non-hydrogen) atoms. The Morgan fingerprint density at radius 1 is 1.12 bits per heavy atom. The number of carbonyl (C=O) groups is 3. The van der Waals surface area contributed by atoms with Gasteiger partial charge in [0.1, 0.15) is 29.2 Å². The Morgan fingerprint density at radius 2 is 1.75 bits per heavy atom. The van der Waals surface area contributed by atoms with E-state index >= 15 is 0 Å². The van der Waals surface area contributed by atoms with Gasteiger partial charge in [-0.15, -0.1) is 11.8 Å². The molecule has 0 saturated carbocycles. The lowest BCUT2D eigenvalue weighted by Gasteiger charge is -2.44. The van der Waals surface area contributed by atoms with Crippen LogP contribution in [0.4, 0.5) is 0 Å². The maximum absolute atomic E-state index is 12.9. The molecule has 2 fully saturated rings. The molecule has 2 heterocycles. The maximum atomic E-state index is 12.9. The zero-order valence-corrected chi connectivity index (χ0v) is 18.6. The van der Waals surface area contributed by atoms with Crippen LogP contribution >= 0.6 is 11.8 Å². The smallest absolute Gasteiger partial charge is 0.333 e. The topological polar surface area (TPSA) is 111 Å². The number of hydrogen-bond acceptors (Lipinski definition) is 7. The minimum Gasteiger partial charge on any atom is -0.457 e. The van der Waals surface area contributed by atoms with Crippen LogP contribution in [0.2, 0.25) is 0 Å². The first-order chi connectivity index (χ1) is 15.3. The molecule has 168 valence electrons. The van der Waals surface area contributed by atoms with Crippen molar-refractivity contribution in [1.82, 2.24) is 10.2 Å². The predicted octanol–water partition coefficient (Wildman–Crippen LogP) is 1.81. The van der Waals surface area contributed by atoms with E-state index in [-0.39, 0.29) is 18.1 Å². The van der Waals surface area contributed by atoms with Crippen LogP contribution in [0, 0.1) is 0 Å². The van der Waals surface area contributed by atoms with Gasteiger partial charge in [-0.2, -0.15) is 0 Å². The molecule has 0 aromatic heterocycles. The van der Waals surface area contributed by atoms with E-state index in [0.29, 0.717) is 11.3 Å². The Morgan fingerprint density at radius 3 is 2.41 bits per heavy atom. The van der Waals surface area contributed by atoms with Gasteiger partial charge in [0.25, 0.3) is 0 Å². The normalized spacial score (nSPS) is 24.2. The summed E-state index contributed by atoms with van der Waals surface area (Å²) in [5.74, 6) is -0.724. The van der Waals surface area contributed by atoms with E-state index in [9.17, 15) is 14.4 Å². The second kappa shape index (κ2) is 8.84. The molecule has 4 rings (SSSR count). The van der Waals surface area contributed by atoms with Crippen molar-refractivity contribution in [2.24, 2.45) is 5.73 Å². The fourth-order valence-corrected chi connectivity index (χ4v) is 5.55. The highest BCUT2D eigenvalue weighted by Gasteiger charge is 2.64. The lowest BCUT2D eigenvalue weighted by atomic mass is 9.95. The van der Waals surface area contributed by atoms with Crippen molar-refractivity contribution in [1.29, 1.82) is 0 Å². The van der Waals surface area contributed by atoms with Crippen molar-refractivity contribution in [3.63, 3.8) is 0 Å². The Hall–Kier alpha value is -3.04. The lowest BCUT2D eigenvalue weighted by molar-refractivity contribution is -0.168. The molecule has 2 aromatic carbocycles. The number of nitrogens with zero attached hydrogens (tertiary/aromatic N) is 1. The number of amides is 2. The number of hydrogen-bond donors (Lipinski definition) is 2. The van der Waals surface area contributed by atoms with E-state index < -0.39 is 34.7 Å². The zero-order valence-electron chi connectivity index (χ0n) is 17.8. The van der Waals surface area contributed by atoms with Crippen molar-refractivity contribution in [3.05, 3.63) is 66.2 Å². The van der Waals surface area contributed by atoms with Gasteiger partial charge in [-0.05, 0) is 31.5 Å². The van der Waals surface area contributed by atoms with Crippen LogP contribution in [-0.4, -0.2) is 51.7 Å². The molecule has 0 unspecified atom stereocenters. The molecule has 2 aliphatic rings. The van der Waals surface area contributed by atoms with Gasteiger partial charge < -0.3 is 25.4 Å². The molecule has 4 atom stereocenters. The van der Waals surface area contributed by atoms with Gasteiger partial charge in [0.15, 0.2) is 0 Å². The van der Waals surface area contributed by atoms with Crippen LogP contribution in [0.1, 0.15) is 25.5 Å². The van der Waals surface area contributed by atoms with E-state index in [1.165, 1.54) is 16.7 Å². The van der Waals surface area contributed by atoms with Crippen molar-refractivity contribution >= 4 is 29.5 Å². The summed E-state index contributed by atoms with van der Waals surface area (Å²) < 4.78 is 10.1. The molecule has 9 heteroatoms. The van der Waals surface area contributed by atoms with E-state index in [2.05, 4.69) is 5.32 Å². The molecule has 8 nitrogen and oxygen atoms in total. The third-order valence-corrected chi connectivity index (χ3v) is 7.14. The minimum absolute atomic E-state index is 0.251. The quantitative estimate of drug-likeness (QED) is 0.372. The van der Waals surface area contributed by atoms with E-state index in [1.54, 1.807) is 36.4 Å². The molecule has 0 bridgehead atoms. The molecule has 2 aromatic rings. The van der Waals surface area contributed by atoms with Gasteiger partial charge in [-0.3, -0.25) is 9.59 Å². The fraction of sp³-hybridized carbons (Fsp3) is 0.348. The van der Waals surface area contributed by atoms with Crippen molar-refractivity contribution < 1.29 is 23.9 Å². The summed E-state index contributed by atoms with van der Waals surface area (Å²) in [5, 5.41) is 2.38. The highest BCUT2D eigenvalue weighted by atomic mass is 32.2. The Bertz CT molecular complexity index is 1000. The Balaban J connectivity index is 1.37. The van der Waals surface area contributed by atoms with Gasteiger partial charge in [-0.25, -0.2) is 4.79 Å². The summed E-state index contributed by atoms with van der Waals surface area (Å²) >= 11 is 1.45. The van der Waals surface area contributed by atoms with Crippen LogP contribution in [0.5, 0.6) is 5.75 Å². The van der Waals surface area contributed by atoms with Gasteiger partial charge >= 0.3 is 5.97 Å². The van der Waals surface area contributed by atoms with Crippen molar-refractivity contribution in [2.75, 3.05) is 6.79 Å². The first kappa shape index (κ1) is 22.2. The molecule has 2 aliphatic heterocycles. The molecule has 2 saturated heterocycles. The van der Waals surface area contributed by atoms with E-state index in [0.717, 1.165) is 0 Å². The fourth-order valence-electron chi connectivity index (χ4n) is 3.93. The van der Waals surface area contributed by atoms with Crippen LogP contribution in [-0.2, 0) is 19.1 Å². The van der Waals surface area contributed by atoms with Gasteiger partial charge in [0.2, 0.25) is 18.6 Å². The number of benzene rings is 2. The van der Waals surface area contributed by atoms with Crippen LogP contribution in [0.15, 0.2) is 60.7 Å². The van der Waals surface area contributed by atoms with Gasteiger partial charge in [-0.1, -0.05) is 48.5 Å². The van der Waals surface area contributed by atoms with Crippen LogP contribution < -0.4 is 15.8 Å². The summed E-state index contributed by atoms with van der Waals surface area (Å²) in [6, 6.07) is 15.6. The molecular formula is C23H25N3O5S. The summed E-state index contributed by atoms with van der Waals surface area (Å²) in [5.41, 5.74) is 6.71. The zero-order chi connectivity index (χ0) is 22.9. The summed E-state index contributed by atoms with van der Waals surface area (Å²) in [7, 11) is 0. The molecule has 0 spiro atoms. The highest BCUT2D eigenvalue weighted by molar-refractivity contribution is 8.01. The Kier molecular flexibility index (Phi) is 6.12. The number of carbonyl (C=O) groups excluding carboxylic acids is 3. The molecule has 3 N–H and O–H groups in total. The van der Waals surface area contributed by atoms with Crippen molar-refractivity contribution in [2.45, 2.75) is 42.1 Å². The second-order valence-electron chi connectivity index (χ2n) is 8.17. The van der Waals surface area contributed by atoms with Crippen LogP contribution in [0.25, 0.3) is 0 Å². The third-order valence-electron chi connectivity index (χ3n) is 5.57. The average Bonchev–Trinajstić information content (AvgIpc) is 3.05. The monoisotopic (exact) mass is 455 g/mol. The number of fused-ring (bicyclic) bond motifs is 1. The standard InChI is InChI=1S/C23H25N3O5S/c1-23(2)18(22(29)31-13-30-15-11-7-4-8-12-15)26-20(28)17(21(26)32-23)25-19(27)16(24)14-9-5-3-6-10-14/h3-12,16-18,21H,13,24H2,1-2H3,(H,25,27)/t16-,17+,18-,21+/m0/s1. The molecule has 2 amide bonds. The van der Waals surface area contributed by atoms with Gasteiger partial charge in [0, 0.05) is 4.75 Å². The summed E-state index contributed by atoms with van der Waals surface area (Å²) in [6.45, 7) is 3.50. The number of nitrogens with one attached hydrogen (secondary N) is 1. The van der Waals surface area contributed by atoms with Gasteiger partial charge in [0.05, 0.1) is 0 Å². The lowest BCUT2D eigenvalue weighted by Crippen LogP contribution is -2.71. The number of thioether (sulfide) groups is 1. The molecule has 0 aliphatic carbocycles. The number of para-hydroxylation sites is 1. The average molecular weight is 456 g/mol. The van der Waals surface area contributed by atoms with Crippen LogP contribution in [0.3, 0.4) is 0 Å². The number of β-lactam (4-membered cyclic amide) rings is 1. The van der Waals surface area contributed by atoms with E-state index in [1.807, 2.05) is 38.1 Å². The number of rotatable bonds is 7. The SMILES string of the molecule is CC1(C)S[C@@H]2[C@H](NC(=O)[C@@H](N)c3ccccc3)C(=O)N2[C@H]1C(=O)OCOc1ccccc1. The predicted molar refractivity (Wildman–Crippen MR) is 119 cm³/mol. The second-order valence-corrected chi connectivity index (χ2v) is 9.94. The molecule has 0 radical (unpaired) electrons. The summed E-state index contributed by atoms with van der Waals surface area (Å²) in [4.78, 5) is 39.7. The number of nitrogens with two attached hydrogens (primary N) is 1. The minimum atomic E-state index is -0.881. The number of ether oxygens (including phenoxy) is 2. The largest absolute Gasteiger partial charge is 0.457 e. The first-order valence-corrected chi connectivity index (χ1v) is 11.1. The maximum Gasteiger partial charge on any atom is 0.333 e. The molecular weight excluding hydrogens is 430 g/mol. The summed E-state index contributed by atoms with van der Waals surface area (Å²) in [6.07, 6.45) is 0. The Labute approximate surface area is 190 Å². The van der Waals surface area contributed by atoms with Crippen molar-refractivity contribution in [3.8, 4) is 5.75 Å². The first-order valence-electron chi connectivity index (χ1n) is 10.2. The van der Waals surface area contributed by atoms with E-state index in [4.69, 9.17) is 15.2 Å². The number of esters is 1. The highest BCUT2D eigenvalue weighted by Crippen LogP contribution is 2.51.